The number of imidazole rings is 1. The summed E-state index contributed by atoms with van der Waals surface area (Å²) in [4.78, 5) is 11.4. The average molecular weight is 333 g/mol. The van der Waals surface area contributed by atoms with Crippen LogP contribution in [0.3, 0.4) is 0 Å². The van der Waals surface area contributed by atoms with Crippen molar-refractivity contribution in [3.8, 4) is 0 Å². The molecule has 25 heavy (non-hydrogen) atoms. The van der Waals surface area contributed by atoms with Crippen LogP contribution >= 0.6 is 0 Å². The highest BCUT2D eigenvalue weighted by atomic mass is 15.2. The lowest BCUT2D eigenvalue weighted by Crippen LogP contribution is -2.45. The highest BCUT2D eigenvalue weighted by Gasteiger charge is 2.25. The number of hydrogen-bond acceptors (Lipinski definition) is 4. The van der Waals surface area contributed by atoms with Crippen LogP contribution in [0.1, 0.15) is 23.0 Å². The molecule has 0 bridgehead atoms. The van der Waals surface area contributed by atoms with E-state index in [1.165, 1.54) is 11.1 Å². The van der Waals surface area contributed by atoms with E-state index in [2.05, 4.69) is 67.3 Å². The van der Waals surface area contributed by atoms with Gasteiger partial charge in [-0.15, -0.1) is 0 Å². The van der Waals surface area contributed by atoms with Crippen LogP contribution in [0.5, 0.6) is 0 Å². The van der Waals surface area contributed by atoms with Gasteiger partial charge in [-0.05, 0) is 17.2 Å². The van der Waals surface area contributed by atoms with E-state index in [-0.39, 0.29) is 0 Å². The lowest BCUT2D eigenvalue weighted by Gasteiger charge is -2.36. The van der Waals surface area contributed by atoms with E-state index in [9.17, 15) is 0 Å². The van der Waals surface area contributed by atoms with Gasteiger partial charge in [0.25, 0.3) is 0 Å². The van der Waals surface area contributed by atoms with Crippen molar-refractivity contribution in [2.24, 2.45) is 0 Å². The zero-order valence-electron chi connectivity index (χ0n) is 14.3. The monoisotopic (exact) mass is 333 g/mol. The van der Waals surface area contributed by atoms with Crippen LogP contribution in [0.15, 0.2) is 67.3 Å². The van der Waals surface area contributed by atoms with Crippen LogP contribution in [-0.2, 0) is 13.1 Å². The molecule has 0 aliphatic carbocycles. The molecule has 0 radical (unpaired) electrons. The van der Waals surface area contributed by atoms with Gasteiger partial charge in [0.05, 0.1) is 6.54 Å². The van der Waals surface area contributed by atoms with Crippen molar-refractivity contribution >= 4 is 0 Å². The van der Waals surface area contributed by atoms with Gasteiger partial charge in [0, 0.05) is 57.0 Å². The number of piperazine rings is 1. The number of hydrogen-bond donors (Lipinski definition) is 1. The van der Waals surface area contributed by atoms with Crippen molar-refractivity contribution < 1.29 is 0 Å². The van der Waals surface area contributed by atoms with E-state index in [0.717, 1.165) is 38.5 Å². The summed E-state index contributed by atoms with van der Waals surface area (Å²) in [5.41, 5.74) is 2.56. The van der Waals surface area contributed by atoms with Gasteiger partial charge in [-0.2, -0.15) is 0 Å². The molecule has 1 aliphatic heterocycles. The predicted molar refractivity (Wildman–Crippen MR) is 98.0 cm³/mol. The van der Waals surface area contributed by atoms with Crippen molar-refractivity contribution in [1.29, 1.82) is 0 Å². The Labute approximate surface area is 148 Å². The molecule has 1 aliphatic rings. The Balaban J connectivity index is 1.52. The number of benzene rings is 1. The molecule has 4 rings (SSSR count). The average Bonchev–Trinajstić information content (AvgIpc) is 3.10. The Morgan fingerprint density at radius 2 is 1.96 bits per heavy atom. The molecular formula is C20H23N5. The molecule has 128 valence electrons. The van der Waals surface area contributed by atoms with Crippen LogP contribution in [0.4, 0.5) is 0 Å². The molecule has 1 atom stereocenters. The molecule has 1 aromatic carbocycles. The summed E-state index contributed by atoms with van der Waals surface area (Å²) in [5, 5.41) is 3.50. The number of pyridine rings is 1. The Hall–Kier alpha value is -2.50. The van der Waals surface area contributed by atoms with Crippen molar-refractivity contribution in [2.75, 3.05) is 19.6 Å². The molecule has 1 saturated heterocycles. The topological polar surface area (TPSA) is 46.0 Å². The first-order valence-electron chi connectivity index (χ1n) is 8.79. The summed E-state index contributed by atoms with van der Waals surface area (Å²) in [7, 11) is 0. The molecule has 0 amide bonds. The highest BCUT2D eigenvalue weighted by Crippen LogP contribution is 2.23. The third kappa shape index (κ3) is 3.78. The maximum absolute atomic E-state index is 4.62. The van der Waals surface area contributed by atoms with E-state index in [1.807, 2.05) is 24.7 Å². The summed E-state index contributed by atoms with van der Waals surface area (Å²) in [5.74, 6) is 1.11. The quantitative estimate of drug-likeness (QED) is 0.779. The van der Waals surface area contributed by atoms with Crippen LogP contribution in [0.2, 0.25) is 0 Å². The molecule has 1 unspecified atom stereocenters. The van der Waals surface area contributed by atoms with Gasteiger partial charge in [0.1, 0.15) is 5.82 Å². The van der Waals surface area contributed by atoms with Gasteiger partial charge >= 0.3 is 0 Å². The summed E-state index contributed by atoms with van der Waals surface area (Å²) in [6, 6.07) is 15.1. The summed E-state index contributed by atoms with van der Waals surface area (Å²) in [6.07, 6.45) is 7.78. The van der Waals surface area contributed by atoms with Gasteiger partial charge in [0.15, 0.2) is 0 Å². The molecule has 1 fully saturated rings. The molecule has 2 aromatic heterocycles. The molecule has 5 heteroatoms. The second-order valence-corrected chi connectivity index (χ2v) is 6.43. The number of aromatic nitrogens is 3. The van der Waals surface area contributed by atoms with E-state index in [0.29, 0.717) is 6.04 Å². The summed E-state index contributed by atoms with van der Waals surface area (Å²) < 4.78 is 2.25. The third-order valence-electron chi connectivity index (χ3n) is 4.77. The van der Waals surface area contributed by atoms with E-state index in [1.54, 1.807) is 0 Å². The van der Waals surface area contributed by atoms with E-state index >= 15 is 0 Å². The standard InChI is InChI=1S/C20H23N5/c1-2-5-17(6-3-1)15-25-12-10-23-20(25)16-24-11-9-22-14-19(24)18-7-4-8-21-13-18/h1-8,10,12-13,19,22H,9,11,14-16H2. The van der Waals surface area contributed by atoms with Gasteiger partial charge < -0.3 is 9.88 Å². The largest absolute Gasteiger partial charge is 0.329 e. The molecular weight excluding hydrogens is 310 g/mol. The second kappa shape index (κ2) is 7.59. The molecule has 1 N–H and O–H groups in total. The van der Waals surface area contributed by atoms with Gasteiger partial charge in [-0.1, -0.05) is 36.4 Å². The SMILES string of the molecule is c1ccc(Cn2ccnc2CN2CCNCC2c2cccnc2)cc1. The van der Waals surface area contributed by atoms with Crippen LogP contribution < -0.4 is 5.32 Å². The minimum atomic E-state index is 0.337. The first kappa shape index (κ1) is 16.0. The summed E-state index contributed by atoms with van der Waals surface area (Å²) >= 11 is 0. The van der Waals surface area contributed by atoms with Crippen molar-refractivity contribution in [1.82, 2.24) is 24.8 Å². The number of nitrogens with one attached hydrogen (secondary N) is 1. The fraction of sp³-hybridized carbons (Fsp3) is 0.300. The van der Waals surface area contributed by atoms with Crippen molar-refractivity contribution in [2.45, 2.75) is 19.1 Å². The van der Waals surface area contributed by atoms with Crippen LogP contribution in [-0.4, -0.2) is 39.1 Å². The van der Waals surface area contributed by atoms with Crippen molar-refractivity contribution in [3.63, 3.8) is 0 Å². The predicted octanol–water partition coefficient (Wildman–Crippen LogP) is 2.47. The van der Waals surface area contributed by atoms with Crippen LogP contribution in [0, 0.1) is 0 Å². The highest BCUT2D eigenvalue weighted by molar-refractivity contribution is 5.17. The minimum absolute atomic E-state index is 0.337. The molecule has 0 saturated carbocycles. The molecule has 0 spiro atoms. The number of rotatable bonds is 5. The fourth-order valence-corrected chi connectivity index (χ4v) is 3.43. The van der Waals surface area contributed by atoms with Crippen molar-refractivity contribution in [3.05, 3.63) is 84.2 Å². The lowest BCUT2D eigenvalue weighted by atomic mass is 10.1. The smallest absolute Gasteiger partial charge is 0.123 e. The normalized spacial score (nSPS) is 18.3. The fourth-order valence-electron chi connectivity index (χ4n) is 3.43. The molecule has 3 aromatic rings. The maximum atomic E-state index is 4.62. The number of nitrogens with zero attached hydrogens (tertiary/aromatic N) is 4. The second-order valence-electron chi connectivity index (χ2n) is 6.43. The van der Waals surface area contributed by atoms with E-state index < -0.39 is 0 Å². The summed E-state index contributed by atoms with van der Waals surface area (Å²) in [6.45, 7) is 4.68. The van der Waals surface area contributed by atoms with Gasteiger partial charge in [-0.3, -0.25) is 9.88 Å². The lowest BCUT2D eigenvalue weighted by molar-refractivity contribution is 0.148. The molecule has 3 heterocycles. The Morgan fingerprint density at radius 1 is 1.04 bits per heavy atom. The Bertz CT molecular complexity index is 784. The zero-order chi connectivity index (χ0) is 16.9. The first-order chi connectivity index (χ1) is 12.4. The van der Waals surface area contributed by atoms with Crippen LogP contribution in [0.25, 0.3) is 0 Å². The zero-order valence-corrected chi connectivity index (χ0v) is 14.3. The van der Waals surface area contributed by atoms with Gasteiger partial charge in [-0.25, -0.2) is 4.98 Å². The van der Waals surface area contributed by atoms with Gasteiger partial charge in [0.2, 0.25) is 0 Å². The third-order valence-corrected chi connectivity index (χ3v) is 4.77. The molecule has 5 nitrogen and oxygen atoms in total. The maximum Gasteiger partial charge on any atom is 0.123 e. The Kier molecular flexibility index (Phi) is 4.86. The Morgan fingerprint density at radius 3 is 2.80 bits per heavy atom. The minimum Gasteiger partial charge on any atom is -0.329 e. The van der Waals surface area contributed by atoms with E-state index in [4.69, 9.17) is 0 Å². The first-order valence-corrected chi connectivity index (χ1v) is 8.79.